The van der Waals surface area contributed by atoms with E-state index in [2.05, 4.69) is 0 Å². The second-order valence-corrected chi connectivity index (χ2v) is 8.39. The molecule has 0 bridgehead atoms. The highest BCUT2D eigenvalue weighted by atomic mass is 32.2. The van der Waals surface area contributed by atoms with Gasteiger partial charge in [-0.3, -0.25) is 0 Å². The van der Waals surface area contributed by atoms with Crippen molar-refractivity contribution in [2.45, 2.75) is 49.4 Å². The Morgan fingerprint density at radius 3 is 2.86 bits per heavy atom. The molecule has 0 unspecified atom stereocenters. The summed E-state index contributed by atoms with van der Waals surface area (Å²) in [5.74, 6) is 0.353. The van der Waals surface area contributed by atoms with Crippen molar-refractivity contribution in [2.75, 3.05) is 13.2 Å². The van der Waals surface area contributed by atoms with Gasteiger partial charge in [0.25, 0.3) is 0 Å². The van der Waals surface area contributed by atoms with Crippen LogP contribution in [0.3, 0.4) is 0 Å². The Morgan fingerprint density at radius 1 is 1.45 bits per heavy atom. The van der Waals surface area contributed by atoms with Gasteiger partial charge in [0.1, 0.15) is 22.4 Å². The lowest BCUT2D eigenvalue weighted by Gasteiger charge is -2.24. The smallest absolute Gasteiger partial charge is 0.247 e. The van der Waals surface area contributed by atoms with Crippen LogP contribution in [0.15, 0.2) is 23.1 Å². The molecule has 0 saturated carbocycles. The highest BCUT2D eigenvalue weighted by Crippen LogP contribution is 2.41. The number of nitrogens with zero attached hydrogens (tertiary/aromatic N) is 1. The minimum Gasteiger partial charge on any atom is -0.486 e. The summed E-state index contributed by atoms with van der Waals surface area (Å²) in [6.07, 6.45) is -0.598. The molecule has 0 amide bonds. The van der Waals surface area contributed by atoms with Crippen LogP contribution in [0.25, 0.3) is 0 Å². The number of fused-ring (bicyclic) bond motifs is 1. The number of halogens is 1. The Bertz CT molecular complexity index is 689. The zero-order valence-electron chi connectivity index (χ0n) is 12.6. The van der Waals surface area contributed by atoms with Crippen LogP contribution >= 0.6 is 0 Å². The van der Waals surface area contributed by atoms with Gasteiger partial charge in [-0.2, -0.15) is 4.31 Å². The molecule has 1 saturated heterocycles. The molecule has 0 aromatic heterocycles. The van der Waals surface area contributed by atoms with Gasteiger partial charge in [0.05, 0.1) is 12.6 Å². The first-order chi connectivity index (χ1) is 10.2. The molecule has 7 heteroatoms. The summed E-state index contributed by atoms with van der Waals surface area (Å²) in [5.41, 5.74) is 0.375. The van der Waals surface area contributed by atoms with Gasteiger partial charge in [0, 0.05) is 13.0 Å². The van der Waals surface area contributed by atoms with Crippen molar-refractivity contribution < 1.29 is 22.7 Å². The SMILES string of the molecule is CC1(C)Cc2cccc(S(=O)(=O)N3C[C@@H](F)C[C@H]3CO)c2O1. The number of hydrogen-bond acceptors (Lipinski definition) is 4. The molecule has 122 valence electrons. The number of rotatable bonds is 3. The summed E-state index contributed by atoms with van der Waals surface area (Å²) in [5, 5.41) is 9.34. The van der Waals surface area contributed by atoms with Gasteiger partial charge in [-0.05, 0) is 31.9 Å². The zero-order valence-corrected chi connectivity index (χ0v) is 13.4. The normalized spacial score (nSPS) is 27.6. The summed E-state index contributed by atoms with van der Waals surface area (Å²) >= 11 is 0. The van der Waals surface area contributed by atoms with E-state index in [1.54, 1.807) is 6.07 Å². The van der Waals surface area contributed by atoms with Crippen molar-refractivity contribution in [2.24, 2.45) is 0 Å². The van der Waals surface area contributed by atoms with Crippen molar-refractivity contribution in [3.63, 3.8) is 0 Å². The molecule has 2 atom stereocenters. The molecule has 0 aliphatic carbocycles. The van der Waals surface area contributed by atoms with Gasteiger partial charge in [0.15, 0.2) is 0 Å². The van der Waals surface area contributed by atoms with Crippen molar-refractivity contribution in [1.82, 2.24) is 4.31 Å². The van der Waals surface area contributed by atoms with Crippen molar-refractivity contribution >= 4 is 10.0 Å². The van der Waals surface area contributed by atoms with Crippen LogP contribution in [0.2, 0.25) is 0 Å². The molecular formula is C15H20FNO4S. The number of para-hydroxylation sites is 1. The zero-order chi connectivity index (χ0) is 16.1. The molecular weight excluding hydrogens is 309 g/mol. The van der Waals surface area contributed by atoms with E-state index in [0.29, 0.717) is 12.2 Å². The van der Waals surface area contributed by atoms with Crippen LogP contribution in [-0.2, 0) is 16.4 Å². The molecule has 22 heavy (non-hydrogen) atoms. The van der Waals surface area contributed by atoms with E-state index < -0.39 is 27.8 Å². The standard InChI is InChI=1S/C15H20FNO4S/c1-15(2)7-10-4-3-5-13(14(10)21-15)22(19,20)17-8-11(16)6-12(17)9-18/h3-5,11-12,18H,6-9H2,1-2H3/t11-,12-/m0/s1. The molecule has 1 fully saturated rings. The van der Waals surface area contributed by atoms with Crippen LogP contribution in [-0.4, -0.2) is 48.8 Å². The van der Waals surface area contributed by atoms with E-state index in [9.17, 15) is 17.9 Å². The summed E-state index contributed by atoms with van der Waals surface area (Å²) in [6, 6.07) is 4.28. The third-order valence-corrected chi connectivity index (χ3v) is 6.11. The lowest BCUT2D eigenvalue weighted by Crippen LogP contribution is -2.38. The molecule has 3 rings (SSSR count). The van der Waals surface area contributed by atoms with Gasteiger partial charge in [-0.1, -0.05) is 12.1 Å². The van der Waals surface area contributed by atoms with Gasteiger partial charge < -0.3 is 9.84 Å². The Hall–Kier alpha value is -1.18. The summed E-state index contributed by atoms with van der Waals surface area (Å²) in [7, 11) is -3.90. The highest BCUT2D eigenvalue weighted by molar-refractivity contribution is 7.89. The number of benzene rings is 1. The van der Waals surface area contributed by atoms with Gasteiger partial charge in [-0.15, -0.1) is 0 Å². The largest absolute Gasteiger partial charge is 0.486 e. The third kappa shape index (κ3) is 2.51. The van der Waals surface area contributed by atoms with Crippen molar-refractivity contribution in [3.05, 3.63) is 23.8 Å². The first kappa shape index (κ1) is 15.7. The first-order valence-electron chi connectivity index (χ1n) is 7.32. The van der Waals surface area contributed by atoms with Crippen LogP contribution in [0.5, 0.6) is 5.75 Å². The van der Waals surface area contributed by atoms with Crippen molar-refractivity contribution in [1.29, 1.82) is 0 Å². The van der Waals surface area contributed by atoms with Crippen LogP contribution in [0.1, 0.15) is 25.8 Å². The number of aliphatic hydroxyl groups is 1. The molecule has 5 nitrogen and oxygen atoms in total. The Labute approximate surface area is 129 Å². The maximum absolute atomic E-state index is 13.6. The Kier molecular flexibility index (Phi) is 3.70. The number of hydrogen-bond donors (Lipinski definition) is 1. The second-order valence-electron chi connectivity index (χ2n) is 6.53. The lowest BCUT2D eigenvalue weighted by atomic mass is 10.0. The fraction of sp³-hybridized carbons (Fsp3) is 0.600. The highest BCUT2D eigenvalue weighted by Gasteiger charge is 2.43. The third-order valence-electron chi connectivity index (χ3n) is 4.17. The quantitative estimate of drug-likeness (QED) is 0.912. The molecule has 1 N–H and O–H groups in total. The average molecular weight is 329 g/mol. The number of sulfonamides is 1. The van der Waals surface area contributed by atoms with Gasteiger partial charge in [0.2, 0.25) is 10.0 Å². The number of aliphatic hydroxyl groups excluding tert-OH is 1. The fourth-order valence-corrected chi connectivity index (χ4v) is 5.02. The molecule has 2 aliphatic rings. The molecule has 0 spiro atoms. The lowest BCUT2D eigenvalue weighted by molar-refractivity contribution is 0.134. The molecule has 0 radical (unpaired) electrons. The maximum Gasteiger partial charge on any atom is 0.247 e. The second kappa shape index (κ2) is 5.18. The predicted octanol–water partition coefficient (Wildman–Crippen LogP) is 1.49. The van der Waals surface area contributed by atoms with E-state index >= 15 is 0 Å². The van der Waals surface area contributed by atoms with E-state index in [1.165, 1.54) is 6.07 Å². The van der Waals surface area contributed by atoms with Crippen LogP contribution < -0.4 is 4.74 Å². The molecule has 1 aromatic rings. The van der Waals surface area contributed by atoms with Crippen LogP contribution in [0.4, 0.5) is 4.39 Å². The number of ether oxygens (including phenoxy) is 1. The monoisotopic (exact) mass is 329 g/mol. The maximum atomic E-state index is 13.6. The Morgan fingerprint density at radius 2 is 2.18 bits per heavy atom. The Balaban J connectivity index is 2.03. The fourth-order valence-electron chi connectivity index (χ4n) is 3.21. The summed E-state index contributed by atoms with van der Waals surface area (Å²) < 4.78 is 46.2. The number of alkyl halides is 1. The van der Waals surface area contributed by atoms with Gasteiger partial charge >= 0.3 is 0 Å². The first-order valence-corrected chi connectivity index (χ1v) is 8.76. The van der Waals surface area contributed by atoms with Gasteiger partial charge in [-0.25, -0.2) is 12.8 Å². The molecule has 2 heterocycles. The molecule has 2 aliphatic heterocycles. The predicted molar refractivity (Wildman–Crippen MR) is 79.1 cm³/mol. The van der Waals surface area contributed by atoms with E-state index in [-0.39, 0.29) is 24.5 Å². The summed E-state index contributed by atoms with van der Waals surface area (Å²) in [4.78, 5) is 0.0584. The summed E-state index contributed by atoms with van der Waals surface area (Å²) in [6.45, 7) is 3.18. The topological polar surface area (TPSA) is 66.8 Å². The van der Waals surface area contributed by atoms with E-state index in [4.69, 9.17) is 4.74 Å². The molecule has 1 aromatic carbocycles. The minimum atomic E-state index is -3.90. The van der Waals surface area contributed by atoms with Crippen molar-refractivity contribution in [3.8, 4) is 5.75 Å². The minimum absolute atomic E-state index is 0.0249. The van der Waals surface area contributed by atoms with E-state index in [1.807, 2.05) is 19.9 Å². The average Bonchev–Trinajstić information content (AvgIpc) is 2.96. The van der Waals surface area contributed by atoms with Crippen LogP contribution in [0, 0.1) is 0 Å². The van der Waals surface area contributed by atoms with E-state index in [0.717, 1.165) is 9.87 Å².